The van der Waals surface area contributed by atoms with Crippen molar-refractivity contribution in [3.05, 3.63) is 0 Å². The minimum Gasteiger partial charge on any atom is -0.326 e. The largest absolute Gasteiger partial charge is 0.326 e. The molecule has 0 aromatic heterocycles. The molecule has 2 fully saturated rings. The van der Waals surface area contributed by atoms with Crippen LogP contribution in [0.25, 0.3) is 0 Å². The van der Waals surface area contributed by atoms with Crippen molar-refractivity contribution in [3.8, 4) is 0 Å². The van der Waals surface area contributed by atoms with Crippen LogP contribution in [-0.2, 0) is 9.84 Å². The van der Waals surface area contributed by atoms with Gasteiger partial charge in [-0.15, -0.1) is 0 Å². The van der Waals surface area contributed by atoms with Gasteiger partial charge in [0.25, 0.3) is 0 Å². The third-order valence-electron chi connectivity index (χ3n) is 4.69. The van der Waals surface area contributed by atoms with Gasteiger partial charge in [-0.3, -0.25) is 0 Å². The maximum atomic E-state index is 11.8. The monoisotopic (exact) mass is 337 g/mol. The summed E-state index contributed by atoms with van der Waals surface area (Å²) < 4.78 is 23.6. The van der Waals surface area contributed by atoms with Gasteiger partial charge in [0.15, 0.2) is 0 Å². The molecule has 1 aliphatic carbocycles. The van der Waals surface area contributed by atoms with E-state index in [0.717, 1.165) is 32.1 Å². The molecule has 1 heterocycles. The molecule has 118 valence electrons. The summed E-state index contributed by atoms with van der Waals surface area (Å²) in [6, 6.07) is 0.155. The summed E-state index contributed by atoms with van der Waals surface area (Å²) in [7, 11) is -2.91. The highest BCUT2D eigenvalue weighted by Crippen LogP contribution is 2.40. The topological polar surface area (TPSA) is 60.2 Å². The van der Waals surface area contributed by atoms with Gasteiger partial charge < -0.3 is 5.73 Å². The van der Waals surface area contributed by atoms with E-state index < -0.39 is 9.84 Å². The second-order valence-electron chi connectivity index (χ2n) is 6.11. The molecular weight excluding hydrogens is 310 g/mol. The lowest BCUT2D eigenvalue weighted by molar-refractivity contribution is 0.298. The summed E-state index contributed by atoms with van der Waals surface area (Å²) in [6.45, 7) is 2.24. The lowest BCUT2D eigenvalue weighted by atomic mass is 9.82. The van der Waals surface area contributed by atoms with Gasteiger partial charge >= 0.3 is 0 Å². The zero-order valence-corrected chi connectivity index (χ0v) is 14.9. The lowest BCUT2D eigenvalue weighted by Crippen LogP contribution is -2.48. The van der Waals surface area contributed by atoms with Gasteiger partial charge in [-0.05, 0) is 31.6 Å². The molecule has 5 unspecified atom stereocenters. The molecule has 6 heteroatoms. The highest BCUT2D eigenvalue weighted by atomic mass is 32.2. The molecule has 20 heavy (non-hydrogen) atoms. The maximum Gasteiger partial charge on any atom is 0.150 e. The van der Waals surface area contributed by atoms with Crippen LogP contribution < -0.4 is 5.73 Å². The number of hydrogen-bond donors (Lipinski definition) is 1. The molecule has 0 radical (unpaired) electrons. The van der Waals surface area contributed by atoms with Crippen molar-refractivity contribution in [3.63, 3.8) is 0 Å². The minimum absolute atomic E-state index is 0.155. The summed E-state index contributed by atoms with van der Waals surface area (Å²) in [4.78, 5) is 0. The molecule has 5 atom stereocenters. The molecule has 2 aliphatic rings. The van der Waals surface area contributed by atoms with Gasteiger partial charge in [0.2, 0.25) is 0 Å². The first-order valence-electron chi connectivity index (χ1n) is 7.61. The Morgan fingerprint density at radius 2 is 1.95 bits per heavy atom. The van der Waals surface area contributed by atoms with Crippen molar-refractivity contribution in [1.82, 2.24) is 0 Å². The van der Waals surface area contributed by atoms with Crippen LogP contribution in [0.2, 0.25) is 0 Å². The smallest absolute Gasteiger partial charge is 0.150 e. The predicted molar refractivity (Wildman–Crippen MR) is 91.3 cm³/mol. The number of rotatable bonds is 4. The Hall–Kier alpha value is 0.610. The fourth-order valence-corrected chi connectivity index (χ4v) is 7.95. The van der Waals surface area contributed by atoms with E-state index in [4.69, 9.17) is 5.73 Å². The van der Waals surface area contributed by atoms with Crippen molar-refractivity contribution >= 4 is 33.4 Å². The SMILES string of the molecule is CCC1SCCSC1C(N)C1CCCC(S(C)(=O)=O)C1. The molecule has 1 aliphatic heterocycles. The zero-order valence-electron chi connectivity index (χ0n) is 12.5. The Balaban J connectivity index is 2.02. The molecule has 3 nitrogen and oxygen atoms in total. The van der Waals surface area contributed by atoms with Crippen LogP contribution in [0.4, 0.5) is 0 Å². The summed E-state index contributed by atoms with van der Waals surface area (Å²) in [5.41, 5.74) is 6.57. The third-order valence-corrected chi connectivity index (χ3v) is 9.72. The van der Waals surface area contributed by atoms with E-state index in [1.807, 2.05) is 11.8 Å². The fourth-order valence-electron chi connectivity index (χ4n) is 3.48. The minimum atomic E-state index is -2.91. The second-order valence-corrected chi connectivity index (χ2v) is 11.1. The first-order valence-corrected chi connectivity index (χ1v) is 11.7. The molecule has 0 amide bonds. The molecule has 2 N–H and O–H groups in total. The number of sulfone groups is 1. The van der Waals surface area contributed by atoms with Crippen LogP contribution in [0.3, 0.4) is 0 Å². The predicted octanol–water partition coefficient (Wildman–Crippen LogP) is 2.54. The Kier molecular flexibility index (Phi) is 6.15. The van der Waals surface area contributed by atoms with Crippen LogP contribution in [0, 0.1) is 5.92 Å². The van der Waals surface area contributed by atoms with Crippen LogP contribution in [0.1, 0.15) is 39.0 Å². The number of thioether (sulfide) groups is 2. The molecule has 0 aromatic rings. The van der Waals surface area contributed by atoms with Crippen molar-refractivity contribution in [2.75, 3.05) is 17.8 Å². The van der Waals surface area contributed by atoms with Gasteiger partial charge in [0.05, 0.1) is 5.25 Å². The van der Waals surface area contributed by atoms with Gasteiger partial charge in [-0.1, -0.05) is 13.3 Å². The Morgan fingerprint density at radius 1 is 1.25 bits per heavy atom. The highest BCUT2D eigenvalue weighted by Gasteiger charge is 2.38. The van der Waals surface area contributed by atoms with E-state index in [0.29, 0.717) is 16.4 Å². The quantitative estimate of drug-likeness (QED) is 0.854. The second kappa shape index (κ2) is 7.25. The van der Waals surface area contributed by atoms with Crippen LogP contribution >= 0.6 is 23.5 Å². The van der Waals surface area contributed by atoms with Crippen molar-refractivity contribution in [2.45, 2.75) is 60.8 Å². The van der Waals surface area contributed by atoms with E-state index in [-0.39, 0.29) is 11.3 Å². The van der Waals surface area contributed by atoms with E-state index in [1.165, 1.54) is 17.8 Å². The Morgan fingerprint density at radius 3 is 2.60 bits per heavy atom. The summed E-state index contributed by atoms with van der Waals surface area (Å²) in [6.07, 6.45) is 6.26. The standard InChI is InChI=1S/C14H27NO2S3/c1-3-12-14(19-8-7-18-12)13(15)10-5-4-6-11(9-10)20(2,16)17/h10-14H,3-9,15H2,1-2H3. The highest BCUT2D eigenvalue weighted by molar-refractivity contribution is 8.07. The van der Waals surface area contributed by atoms with Crippen molar-refractivity contribution < 1.29 is 8.42 Å². The molecule has 0 aromatic carbocycles. The van der Waals surface area contributed by atoms with E-state index in [2.05, 4.69) is 18.7 Å². The van der Waals surface area contributed by atoms with Gasteiger partial charge in [-0.2, -0.15) is 23.5 Å². The summed E-state index contributed by atoms with van der Waals surface area (Å²) in [5, 5.41) is 0.984. The first kappa shape index (κ1) is 17.0. The van der Waals surface area contributed by atoms with Gasteiger partial charge in [0.1, 0.15) is 9.84 Å². The van der Waals surface area contributed by atoms with E-state index in [9.17, 15) is 8.42 Å². The van der Waals surface area contributed by atoms with Crippen molar-refractivity contribution in [1.29, 1.82) is 0 Å². The average molecular weight is 338 g/mol. The third kappa shape index (κ3) is 4.08. The normalized spacial score (nSPS) is 37.5. The Bertz CT molecular complexity index is 413. The lowest BCUT2D eigenvalue weighted by Gasteiger charge is -2.40. The van der Waals surface area contributed by atoms with Crippen LogP contribution in [0.15, 0.2) is 0 Å². The number of hydrogen-bond acceptors (Lipinski definition) is 5. The zero-order chi connectivity index (χ0) is 14.8. The molecule has 2 rings (SSSR count). The Labute approximate surface area is 132 Å². The molecular formula is C14H27NO2S3. The van der Waals surface area contributed by atoms with E-state index in [1.54, 1.807) is 0 Å². The van der Waals surface area contributed by atoms with E-state index >= 15 is 0 Å². The van der Waals surface area contributed by atoms with Gasteiger partial charge in [0, 0.05) is 34.3 Å². The molecule has 1 saturated carbocycles. The van der Waals surface area contributed by atoms with Crippen molar-refractivity contribution in [2.24, 2.45) is 11.7 Å². The fraction of sp³-hybridized carbons (Fsp3) is 1.00. The van der Waals surface area contributed by atoms with Crippen LogP contribution in [-0.4, -0.2) is 48.0 Å². The first-order chi connectivity index (χ1) is 9.43. The molecule has 1 saturated heterocycles. The summed E-state index contributed by atoms with van der Waals surface area (Å²) >= 11 is 4.06. The maximum absolute atomic E-state index is 11.8. The molecule has 0 spiro atoms. The summed E-state index contributed by atoms with van der Waals surface area (Å²) in [5.74, 6) is 2.79. The molecule has 0 bridgehead atoms. The van der Waals surface area contributed by atoms with Crippen LogP contribution in [0.5, 0.6) is 0 Å². The number of nitrogens with two attached hydrogens (primary N) is 1. The average Bonchev–Trinajstić information content (AvgIpc) is 2.45. The van der Waals surface area contributed by atoms with Gasteiger partial charge in [-0.25, -0.2) is 8.42 Å².